The summed E-state index contributed by atoms with van der Waals surface area (Å²) in [5.41, 5.74) is 1.54. The predicted molar refractivity (Wildman–Crippen MR) is 142 cm³/mol. The van der Waals surface area contributed by atoms with Gasteiger partial charge in [-0.25, -0.2) is 30.4 Å². The van der Waals surface area contributed by atoms with Gasteiger partial charge < -0.3 is 4.55 Å². The van der Waals surface area contributed by atoms with Crippen molar-refractivity contribution in [1.82, 2.24) is 0 Å². The second-order valence-electron chi connectivity index (χ2n) is 9.19. The van der Waals surface area contributed by atoms with Crippen LogP contribution < -0.4 is 0 Å². The minimum atomic E-state index is -5.77. The Hall–Kier alpha value is -3.21. The van der Waals surface area contributed by atoms with Crippen LogP contribution in [0.4, 0.5) is 22.0 Å². The highest BCUT2D eigenvalue weighted by Gasteiger charge is 2.30. The van der Waals surface area contributed by atoms with E-state index in [1.54, 1.807) is 0 Å². The average molecular weight is 593 g/mol. The van der Waals surface area contributed by atoms with E-state index < -0.39 is 44.1 Å². The van der Waals surface area contributed by atoms with Crippen molar-refractivity contribution in [3.05, 3.63) is 120 Å². The van der Waals surface area contributed by atoms with Crippen LogP contribution >= 0.6 is 0 Å². The quantitative estimate of drug-likeness (QED) is 0.0773. The molecule has 0 aromatic heterocycles. The fourth-order valence-electron chi connectivity index (χ4n) is 4.64. The van der Waals surface area contributed by atoms with Crippen LogP contribution in [0, 0.1) is 29.1 Å². The van der Waals surface area contributed by atoms with Crippen LogP contribution in [0.1, 0.15) is 43.6 Å². The first-order valence-electron chi connectivity index (χ1n) is 12.5. The minimum Gasteiger partial charge on any atom is -0.744 e. The highest BCUT2D eigenvalue weighted by molar-refractivity contribution is 7.97. The van der Waals surface area contributed by atoms with Crippen molar-refractivity contribution >= 4 is 21.0 Å². The van der Waals surface area contributed by atoms with Gasteiger partial charge in [-0.1, -0.05) is 67.8 Å². The maximum absolute atomic E-state index is 12.6. The van der Waals surface area contributed by atoms with Gasteiger partial charge in [0.15, 0.2) is 38.0 Å². The third kappa shape index (κ3) is 6.74. The number of halogens is 5. The van der Waals surface area contributed by atoms with Gasteiger partial charge in [-0.3, -0.25) is 0 Å². The number of rotatable bonds is 5. The molecule has 0 aliphatic heterocycles. The lowest BCUT2D eigenvalue weighted by Crippen LogP contribution is -2.12. The van der Waals surface area contributed by atoms with Crippen molar-refractivity contribution in [2.45, 2.75) is 57.6 Å². The van der Waals surface area contributed by atoms with Gasteiger partial charge in [0.25, 0.3) is 0 Å². The lowest BCUT2D eigenvalue weighted by atomic mass is 9.84. The average Bonchev–Trinajstić information content (AvgIpc) is 2.97. The zero-order chi connectivity index (χ0) is 28.9. The lowest BCUT2D eigenvalue weighted by molar-refractivity contribution is 0.350. The summed E-state index contributed by atoms with van der Waals surface area (Å²) in [5.74, 6) is -12.1. The van der Waals surface area contributed by atoms with Crippen LogP contribution in [0.5, 0.6) is 0 Å². The minimum absolute atomic E-state index is 0.0278. The van der Waals surface area contributed by atoms with E-state index >= 15 is 0 Å². The third-order valence-electron chi connectivity index (χ3n) is 6.57. The van der Waals surface area contributed by atoms with E-state index in [0.717, 1.165) is 5.92 Å². The molecule has 4 aromatic carbocycles. The van der Waals surface area contributed by atoms with Gasteiger partial charge in [-0.15, -0.1) is 0 Å². The Bertz CT molecular complexity index is 1470. The second kappa shape index (κ2) is 13.0. The molecule has 5 rings (SSSR count). The van der Waals surface area contributed by atoms with Crippen molar-refractivity contribution < 1.29 is 34.9 Å². The van der Waals surface area contributed by atoms with Gasteiger partial charge in [0.1, 0.15) is 15.0 Å². The first kappa shape index (κ1) is 29.8. The van der Waals surface area contributed by atoms with E-state index in [1.165, 1.54) is 52.4 Å². The molecule has 40 heavy (non-hydrogen) atoms. The molecule has 0 amide bonds. The van der Waals surface area contributed by atoms with Crippen molar-refractivity contribution in [3.8, 4) is 0 Å². The molecule has 0 heterocycles. The monoisotopic (exact) mass is 592 g/mol. The number of hydrogen-bond donors (Lipinski definition) is 0. The molecule has 1 aliphatic rings. The van der Waals surface area contributed by atoms with Gasteiger partial charge >= 0.3 is 0 Å². The summed E-state index contributed by atoms with van der Waals surface area (Å²) in [7, 11) is -5.80. The van der Waals surface area contributed by atoms with Crippen LogP contribution in [0.15, 0.2) is 105 Å². The maximum atomic E-state index is 12.6. The van der Waals surface area contributed by atoms with E-state index in [0.29, 0.717) is 0 Å². The Morgan fingerprint density at radius 3 is 1.40 bits per heavy atom. The summed E-state index contributed by atoms with van der Waals surface area (Å²) in [4.78, 5) is 1.81. The Morgan fingerprint density at radius 1 is 0.575 bits per heavy atom. The lowest BCUT2D eigenvalue weighted by Gasteiger charge is -2.22. The van der Waals surface area contributed by atoms with Crippen LogP contribution in [0.3, 0.4) is 0 Å². The van der Waals surface area contributed by atoms with Crippen molar-refractivity contribution in [2.75, 3.05) is 0 Å². The van der Waals surface area contributed by atoms with Gasteiger partial charge in [-0.05, 0) is 60.7 Å². The van der Waals surface area contributed by atoms with Crippen molar-refractivity contribution in [1.29, 1.82) is 0 Å². The summed E-state index contributed by atoms with van der Waals surface area (Å²) in [6.07, 6.45) is 6.93. The molecule has 0 bridgehead atoms. The molecule has 0 atom stereocenters. The Balaban J connectivity index is 0.000000212. The third-order valence-corrected chi connectivity index (χ3v) is 9.66. The summed E-state index contributed by atoms with van der Waals surface area (Å²) in [5, 5.41) is 0. The molecule has 0 spiro atoms. The van der Waals surface area contributed by atoms with Crippen molar-refractivity contribution in [2.24, 2.45) is 0 Å². The molecule has 0 unspecified atom stereocenters. The van der Waals surface area contributed by atoms with E-state index in [-0.39, 0.29) is 10.9 Å². The number of hydrogen-bond acceptors (Lipinski definition) is 3. The molecule has 0 saturated heterocycles. The highest BCUT2D eigenvalue weighted by atomic mass is 32.2. The summed E-state index contributed by atoms with van der Waals surface area (Å²) >= 11 is 0. The topological polar surface area (TPSA) is 57.2 Å². The molecule has 4 aromatic rings. The fourth-order valence-corrected chi connectivity index (χ4v) is 7.34. The van der Waals surface area contributed by atoms with Crippen molar-refractivity contribution in [3.63, 3.8) is 0 Å². The SMILES string of the molecule is O=S(=O)([O-])c1c(F)c(F)c(F)c(F)c1F.c1ccc([S+](c2ccccc2)c2ccc(C3CCCCC3)cc2)cc1. The summed E-state index contributed by atoms with van der Waals surface area (Å²) < 4.78 is 92.9. The Labute approximate surface area is 232 Å². The van der Waals surface area contributed by atoms with Gasteiger partial charge in [-0.2, -0.15) is 0 Å². The van der Waals surface area contributed by atoms with E-state index in [4.69, 9.17) is 0 Å². The zero-order valence-corrected chi connectivity index (χ0v) is 22.8. The molecule has 0 radical (unpaired) electrons. The number of benzene rings is 4. The van der Waals surface area contributed by atoms with E-state index in [9.17, 15) is 34.9 Å². The Kier molecular flexibility index (Phi) is 9.65. The molecular weight excluding hydrogens is 567 g/mol. The van der Waals surface area contributed by atoms with E-state index in [2.05, 4.69) is 84.9 Å². The molecule has 1 aliphatic carbocycles. The van der Waals surface area contributed by atoms with Crippen LogP contribution in [0.2, 0.25) is 0 Å². The fraction of sp³-hybridized carbons (Fsp3) is 0.200. The molecule has 3 nitrogen and oxygen atoms in total. The largest absolute Gasteiger partial charge is 0.744 e. The highest BCUT2D eigenvalue weighted by Crippen LogP contribution is 2.35. The first-order chi connectivity index (χ1) is 19.1. The molecule has 10 heteroatoms. The van der Waals surface area contributed by atoms with Crippen LogP contribution in [0.25, 0.3) is 0 Å². The van der Waals surface area contributed by atoms with Gasteiger partial charge in [0.2, 0.25) is 5.82 Å². The molecule has 210 valence electrons. The normalized spacial score (nSPS) is 14.1. The van der Waals surface area contributed by atoms with Gasteiger partial charge in [0.05, 0.1) is 10.9 Å². The zero-order valence-electron chi connectivity index (χ0n) is 21.1. The molecule has 1 fully saturated rings. The molecular formula is C30H25F5O3S2. The first-order valence-corrected chi connectivity index (χ1v) is 15.1. The summed E-state index contributed by atoms with van der Waals surface area (Å²) in [6, 6.07) is 31.3. The predicted octanol–water partition coefficient (Wildman–Crippen LogP) is 8.12. The standard InChI is InChI=1S/C24H25S.C6HF5O3S/c1-4-10-20(11-5-1)21-16-18-24(19-17-21)25(22-12-6-2-7-13-22)23-14-8-3-9-15-23;7-1-2(8)4(10)6(15(12,13)14)5(11)3(1)9/h2-3,6-9,12-20H,1,4-5,10-11H2;(H,12,13,14)/q+1;/p-1. The second-order valence-corrected chi connectivity index (χ2v) is 12.5. The summed E-state index contributed by atoms with van der Waals surface area (Å²) in [6.45, 7) is 0. The maximum Gasteiger partial charge on any atom is 0.200 e. The van der Waals surface area contributed by atoms with Crippen LogP contribution in [-0.4, -0.2) is 13.0 Å². The van der Waals surface area contributed by atoms with E-state index in [1.807, 2.05) is 0 Å². The molecule has 1 saturated carbocycles. The smallest absolute Gasteiger partial charge is 0.200 e. The molecule has 0 N–H and O–H groups in total. The van der Waals surface area contributed by atoms with Crippen LogP contribution in [-0.2, 0) is 21.0 Å². The van der Waals surface area contributed by atoms with Gasteiger partial charge in [0, 0.05) is 0 Å². The Morgan fingerprint density at radius 2 is 0.975 bits per heavy atom.